The van der Waals surface area contributed by atoms with Crippen LogP contribution in [0.1, 0.15) is 56.7 Å². The number of hydrogen-bond donors (Lipinski definition) is 3. The molecule has 0 bridgehead atoms. The zero-order valence-electron chi connectivity index (χ0n) is 22.1. The maximum absolute atomic E-state index is 14.2. The van der Waals surface area contributed by atoms with Crippen molar-refractivity contribution in [2.24, 2.45) is 5.73 Å². The number of benzene rings is 2. The van der Waals surface area contributed by atoms with Crippen molar-refractivity contribution in [2.75, 3.05) is 30.4 Å². The second-order valence-electron chi connectivity index (χ2n) is 8.46. The van der Waals surface area contributed by atoms with E-state index in [4.69, 9.17) is 20.9 Å². The molecule has 0 radical (unpaired) electrons. The molecule has 0 aliphatic carbocycles. The number of anilines is 2. The molecule has 3 amide bonds. The number of rotatable bonds is 11. The minimum Gasteiger partial charge on any atom is -0.494 e. The summed E-state index contributed by atoms with van der Waals surface area (Å²) in [5.41, 5.74) is 13.6. The quantitative estimate of drug-likeness (QED) is 0.305. The predicted octanol–water partition coefficient (Wildman–Crippen LogP) is 2.91. The first kappa shape index (κ1) is 29.1. The van der Waals surface area contributed by atoms with E-state index in [-0.39, 0.29) is 22.9 Å². The number of hydrogen-bond acceptors (Lipinski definition) is 9. The number of nitrogens with zero attached hydrogens (tertiary/aromatic N) is 2. The first-order valence-electron chi connectivity index (χ1n) is 12.2. The van der Waals surface area contributed by atoms with Gasteiger partial charge in [0.2, 0.25) is 5.91 Å². The molecule has 0 aliphatic rings. The van der Waals surface area contributed by atoms with Crippen LogP contribution in [0.5, 0.6) is 5.75 Å². The number of nitrogen functional groups attached to an aromatic ring is 1. The third-order valence-electron chi connectivity index (χ3n) is 5.94. The number of carbonyl (C=O) groups excluding carboxylic acids is 4. The van der Waals surface area contributed by atoms with Crippen molar-refractivity contribution in [3.05, 3.63) is 69.7 Å². The minimum absolute atomic E-state index is 0.0566. The highest BCUT2D eigenvalue weighted by Crippen LogP contribution is 2.36. The van der Waals surface area contributed by atoms with Crippen LogP contribution in [-0.4, -0.2) is 47.8 Å². The number of amides is 3. The summed E-state index contributed by atoms with van der Waals surface area (Å²) in [6.45, 7) is 7.40. The van der Waals surface area contributed by atoms with Crippen molar-refractivity contribution < 1.29 is 28.7 Å². The summed E-state index contributed by atoms with van der Waals surface area (Å²) in [7, 11) is 0. The number of nitrogens with two attached hydrogens (primary N) is 2. The van der Waals surface area contributed by atoms with Crippen LogP contribution in [0, 0.1) is 13.8 Å². The molecule has 0 fully saturated rings. The molecule has 206 valence electrons. The van der Waals surface area contributed by atoms with E-state index < -0.39 is 36.3 Å². The third kappa shape index (κ3) is 6.52. The number of aryl methyl sites for hydroxylation is 1. The van der Waals surface area contributed by atoms with Crippen LogP contribution in [0.2, 0.25) is 0 Å². The van der Waals surface area contributed by atoms with E-state index >= 15 is 0 Å². The summed E-state index contributed by atoms with van der Waals surface area (Å²) >= 11 is 0.711. The summed E-state index contributed by atoms with van der Waals surface area (Å²) < 4.78 is 14.4. The van der Waals surface area contributed by atoms with E-state index in [2.05, 4.69) is 9.69 Å². The lowest BCUT2D eigenvalue weighted by molar-refractivity contribution is -0.143. The van der Waals surface area contributed by atoms with Crippen molar-refractivity contribution in [3.8, 4) is 5.75 Å². The Morgan fingerprint density at radius 3 is 2.33 bits per heavy atom. The smallest absolute Gasteiger partial charge is 0.325 e. The Morgan fingerprint density at radius 2 is 1.74 bits per heavy atom. The number of primary amides is 1. The molecule has 0 spiro atoms. The molecule has 1 aromatic heterocycles. The Labute approximate surface area is 230 Å². The summed E-state index contributed by atoms with van der Waals surface area (Å²) in [5.74, 6) is -2.24. The summed E-state index contributed by atoms with van der Waals surface area (Å²) in [5, 5.41) is 2.58. The van der Waals surface area contributed by atoms with Gasteiger partial charge in [0.15, 0.2) is 5.69 Å². The van der Waals surface area contributed by atoms with Gasteiger partial charge in [0, 0.05) is 5.69 Å². The average Bonchev–Trinajstić information content (AvgIpc) is 3.30. The lowest BCUT2D eigenvalue weighted by Gasteiger charge is -2.32. The Balaban J connectivity index is 2.21. The van der Waals surface area contributed by atoms with Gasteiger partial charge in [0.25, 0.3) is 11.8 Å². The zero-order chi connectivity index (χ0) is 28.7. The molecule has 1 unspecified atom stereocenters. The van der Waals surface area contributed by atoms with Crippen LogP contribution in [0.15, 0.2) is 42.5 Å². The number of nitrogens with one attached hydrogen (secondary N) is 1. The number of esters is 1. The molecule has 3 rings (SSSR count). The molecule has 0 aliphatic heterocycles. The van der Waals surface area contributed by atoms with Crippen LogP contribution >= 0.6 is 11.5 Å². The standard InChI is InChI=1S/C27H31N5O6S/c1-5-37-18-12-10-17(11-13-18)23(26(35)30-14-20(33)38-6-2)32(19-9-7-8-15(3)16(19)4)27(36)24-21(28)22(25(29)34)31-39-24/h7-13,23H,5-6,14,28H2,1-4H3,(H2,29,34)(H,30,35). The first-order chi connectivity index (χ1) is 18.6. The summed E-state index contributed by atoms with van der Waals surface area (Å²) in [6, 6.07) is 10.8. The average molecular weight is 554 g/mol. The van der Waals surface area contributed by atoms with Crippen LogP contribution < -0.4 is 26.4 Å². The van der Waals surface area contributed by atoms with Crippen LogP contribution in [0.25, 0.3) is 0 Å². The van der Waals surface area contributed by atoms with Gasteiger partial charge >= 0.3 is 5.97 Å². The van der Waals surface area contributed by atoms with Gasteiger partial charge in [-0.25, -0.2) is 0 Å². The van der Waals surface area contributed by atoms with Gasteiger partial charge in [-0.15, -0.1) is 0 Å². The highest BCUT2D eigenvalue weighted by Gasteiger charge is 2.37. The molecule has 39 heavy (non-hydrogen) atoms. The van der Waals surface area contributed by atoms with Crippen molar-refractivity contribution in [3.63, 3.8) is 0 Å². The fourth-order valence-electron chi connectivity index (χ4n) is 3.90. The van der Waals surface area contributed by atoms with Crippen molar-refractivity contribution in [1.29, 1.82) is 0 Å². The topological polar surface area (TPSA) is 167 Å². The number of carbonyl (C=O) groups is 4. The van der Waals surface area contributed by atoms with Gasteiger partial charge in [-0.05, 0) is 74.1 Å². The molecule has 0 saturated carbocycles. The number of ether oxygens (including phenoxy) is 2. The Kier molecular flexibility index (Phi) is 9.61. The summed E-state index contributed by atoms with van der Waals surface area (Å²) in [4.78, 5) is 53.0. The van der Waals surface area contributed by atoms with Gasteiger partial charge in [-0.3, -0.25) is 24.1 Å². The SMILES string of the molecule is CCOC(=O)CNC(=O)C(c1ccc(OCC)cc1)N(C(=O)c1snc(C(N)=O)c1N)c1cccc(C)c1C. The van der Waals surface area contributed by atoms with Gasteiger partial charge in [-0.2, -0.15) is 4.37 Å². The molecule has 11 nitrogen and oxygen atoms in total. The first-order valence-corrected chi connectivity index (χ1v) is 13.0. The molecule has 3 aromatic rings. The monoisotopic (exact) mass is 553 g/mol. The summed E-state index contributed by atoms with van der Waals surface area (Å²) in [6.07, 6.45) is 0. The van der Waals surface area contributed by atoms with Crippen molar-refractivity contribution in [2.45, 2.75) is 33.7 Å². The number of aromatic nitrogens is 1. The van der Waals surface area contributed by atoms with Crippen LogP contribution in [0.4, 0.5) is 11.4 Å². The van der Waals surface area contributed by atoms with E-state index in [0.717, 1.165) is 11.1 Å². The third-order valence-corrected chi connectivity index (χ3v) is 6.79. The van der Waals surface area contributed by atoms with E-state index in [1.165, 1.54) is 4.90 Å². The van der Waals surface area contributed by atoms with E-state index in [1.807, 2.05) is 26.8 Å². The molecule has 1 heterocycles. The van der Waals surface area contributed by atoms with E-state index in [0.29, 0.717) is 35.1 Å². The van der Waals surface area contributed by atoms with Crippen molar-refractivity contribution >= 4 is 46.6 Å². The van der Waals surface area contributed by atoms with Crippen LogP contribution in [-0.2, 0) is 14.3 Å². The molecule has 1 atom stereocenters. The Bertz CT molecular complexity index is 1370. The minimum atomic E-state index is -1.25. The van der Waals surface area contributed by atoms with Gasteiger partial charge in [0.1, 0.15) is 23.2 Å². The van der Waals surface area contributed by atoms with E-state index in [9.17, 15) is 19.2 Å². The molecular formula is C27H31N5O6S. The normalized spacial score (nSPS) is 11.4. The zero-order valence-corrected chi connectivity index (χ0v) is 23.0. The van der Waals surface area contributed by atoms with Crippen LogP contribution in [0.3, 0.4) is 0 Å². The fourth-order valence-corrected chi connectivity index (χ4v) is 4.64. The molecule has 5 N–H and O–H groups in total. The fraction of sp³-hybridized carbons (Fsp3) is 0.296. The molecule has 0 saturated heterocycles. The maximum atomic E-state index is 14.2. The Morgan fingerprint density at radius 1 is 1.05 bits per heavy atom. The largest absolute Gasteiger partial charge is 0.494 e. The van der Waals surface area contributed by atoms with E-state index in [1.54, 1.807) is 43.3 Å². The van der Waals surface area contributed by atoms with Gasteiger partial charge in [-0.1, -0.05) is 24.3 Å². The Hall–Kier alpha value is -4.45. The molecule has 12 heteroatoms. The second kappa shape index (κ2) is 12.9. The molecule has 2 aromatic carbocycles. The van der Waals surface area contributed by atoms with Gasteiger partial charge in [0.05, 0.1) is 18.9 Å². The second-order valence-corrected chi connectivity index (χ2v) is 9.23. The maximum Gasteiger partial charge on any atom is 0.325 e. The van der Waals surface area contributed by atoms with Gasteiger partial charge < -0.3 is 26.3 Å². The lowest BCUT2D eigenvalue weighted by Crippen LogP contribution is -2.45. The predicted molar refractivity (Wildman–Crippen MR) is 148 cm³/mol. The highest BCUT2D eigenvalue weighted by atomic mass is 32.1. The van der Waals surface area contributed by atoms with Crippen molar-refractivity contribution in [1.82, 2.24) is 9.69 Å². The highest BCUT2D eigenvalue weighted by molar-refractivity contribution is 7.09. The molecular weight excluding hydrogens is 522 g/mol. The lowest BCUT2D eigenvalue weighted by atomic mass is 9.99.